The van der Waals surface area contributed by atoms with Crippen LogP contribution < -0.4 is 5.73 Å². The highest BCUT2D eigenvalue weighted by molar-refractivity contribution is 9.10. The van der Waals surface area contributed by atoms with Gasteiger partial charge < -0.3 is 10.5 Å². The van der Waals surface area contributed by atoms with Crippen molar-refractivity contribution in [1.29, 1.82) is 0 Å². The van der Waals surface area contributed by atoms with Gasteiger partial charge in [-0.3, -0.25) is 4.90 Å². The van der Waals surface area contributed by atoms with Gasteiger partial charge in [-0.25, -0.2) is 0 Å². The highest BCUT2D eigenvalue weighted by Gasteiger charge is 2.25. The lowest BCUT2D eigenvalue weighted by molar-refractivity contribution is -0.0591. The summed E-state index contributed by atoms with van der Waals surface area (Å²) in [5.74, 6) is 0. The molecule has 100 valence electrons. The molecule has 1 aliphatic rings. The molecule has 1 aromatic rings. The van der Waals surface area contributed by atoms with E-state index in [1.54, 1.807) is 0 Å². The number of ether oxygens (including phenoxy) is 1. The van der Waals surface area contributed by atoms with Crippen LogP contribution in [0.5, 0.6) is 0 Å². The minimum Gasteiger partial charge on any atom is -0.398 e. The molecule has 0 spiro atoms. The van der Waals surface area contributed by atoms with Crippen LogP contribution in [0, 0.1) is 0 Å². The minimum atomic E-state index is 0.320. The number of morpholine rings is 1. The Hall–Kier alpha value is -0.580. The molecule has 0 saturated carbocycles. The van der Waals surface area contributed by atoms with Crippen molar-refractivity contribution in [3.05, 3.63) is 28.2 Å². The number of nitrogen functional groups attached to an aromatic ring is 1. The number of benzene rings is 1. The molecule has 0 bridgehead atoms. The zero-order valence-electron chi connectivity index (χ0n) is 11.0. The minimum absolute atomic E-state index is 0.320. The van der Waals surface area contributed by atoms with E-state index in [0.717, 1.165) is 36.3 Å². The van der Waals surface area contributed by atoms with Gasteiger partial charge in [-0.15, -0.1) is 0 Å². The molecule has 0 radical (unpaired) electrons. The maximum absolute atomic E-state index is 5.93. The van der Waals surface area contributed by atoms with Gasteiger partial charge in [-0.05, 0) is 47.0 Å². The van der Waals surface area contributed by atoms with Gasteiger partial charge in [0.05, 0.1) is 12.7 Å². The summed E-state index contributed by atoms with van der Waals surface area (Å²) in [6.07, 6.45) is 1.44. The van der Waals surface area contributed by atoms with Crippen molar-refractivity contribution in [1.82, 2.24) is 4.90 Å². The van der Waals surface area contributed by atoms with Crippen molar-refractivity contribution in [2.75, 3.05) is 18.9 Å². The third-order valence-corrected chi connectivity index (χ3v) is 4.22. The normalized spacial score (nSPS) is 25.3. The van der Waals surface area contributed by atoms with Crippen LogP contribution in [-0.4, -0.2) is 30.2 Å². The van der Waals surface area contributed by atoms with Crippen LogP contribution in [0.3, 0.4) is 0 Å². The van der Waals surface area contributed by atoms with Crippen molar-refractivity contribution in [2.45, 2.75) is 39.0 Å². The second-order valence-corrected chi connectivity index (χ2v) is 5.85. The summed E-state index contributed by atoms with van der Waals surface area (Å²) >= 11 is 3.43. The van der Waals surface area contributed by atoms with Crippen LogP contribution in [-0.2, 0) is 11.3 Å². The first kappa shape index (κ1) is 13.8. The third kappa shape index (κ3) is 3.25. The van der Waals surface area contributed by atoms with Crippen LogP contribution in [0.4, 0.5) is 5.69 Å². The number of anilines is 1. The lowest BCUT2D eigenvalue weighted by Gasteiger charge is -2.38. The van der Waals surface area contributed by atoms with Gasteiger partial charge in [0.25, 0.3) is 0 Å². The average Bonchev–Trinajstić information content (AvgIpc) is 2.34. The first-order chi connectivity index (χ1) is 8.60. The smallest absolute Gasteiger partial charge is 0.0674 e. The molecule has 0 amide bonds. The lowest BCUT2D eigenvalue weighted by atomic mass is 10.1. The van der Waals surface area contributed by atoms with Gasteiger partial charge in [-0.2, -0.15) is 0 Å². The van der Waals surface area contributed by atoms with Gasteiger partial charge in [0, 0.05) is 29.3 Å². The van der Waals surface area contributed by atoms with Crippen molar-refractivity contribution in [3.8, 4) is 0 Å². The fourth-order valence-electron chi connectivity index (χ4n) is 2.41. The zero-order chi connectivity index (χ0) is 13.1. The molecule has 1 aromatic carbocycles. The molecule has 2 atom stereocenters. The van der Waals surface area contributed by atoms with E-state index in [0.29, 0.717) is 12.1 Å². The molecule has 4 heteroatoms. The second kappa shape index (κ2) is 6.04. The SMILES string of the molecule is CCC1COC(C)CN1Cc1ccc(Br)c(N)c1. The van der Waals surface area contributed by atoms with Gasteiger partial charge in [0.2, 0.25) is 0 Å². The van der Waals surface area contributed by atoms with Crippen LogP contribution >= 0.6 is 15.9 Å². The highest BCUT2D eigenvalue weighted by atomic mass is 79.9. The van der Waals surface area contributed by atoms with Gasteiger partial charge >= 0.3 is 0 Å². The van der Waals surface area contributed by atoms with Crippen LogP contribution in [0.25, 0.3) is 0 Å². The first-order valence-electron chi connectivity index (χ1n) is 6.49. The molecule has 2 rings (SSSR count). The number of nitrogens with zero attached hydrogens (tertiary/aromatic N) is 1. The molecule has 1 heterocycles. The Kier molecular flexibility index (Phi) is 4.65. The summed E-state index contributed by atoms with van der Waals surface area (Å²) in [5.41, 5.74) is 8.00. The largest absolute Gasteiger partial charge is 0.398 e. The fourth-order valence-corrected chi connectivity index (χ4v) is 2.66. The van der Waals surface area contributed by atoms with E-state index < -0.39 is 0 Å². The van der Waals surface area contributed by atoms with Crippen LogP contribution in [0.15, 0.2) is 22.7 Å². The van der Waals surface area contributed by atoms with E-state index in [2.05, 4.69) is 46.8 Å². The summed E-state index contributed by atoms with van der Waals surface area (Å²) < 4.78 is 6.68. The van der Waals surface area contributed by atoms with Crippen LogP contribution in [0.2, 0.25) is 0 Å². The Morgan fingerprint density at radius 3 is 2.94 bits per heavy atom. The lowest BCUT2D eigenvalue weighted by Crippen LogP contribution is -2.47. The highest BCUT2D eigenvalue weighted by Crippen LogP contribution is 2.23. The van der Waals surface area contributed by atoms with Crippen molar-refractivity contribution in [3.63, 3.8) is 0 Å². The van der Waals surface area contributed by atoms with Crippen molar-refractivity contribution < 1.29 is 4.74 Å². The summed E-state index contributed by atoms with van der Waals surface area (Å²) in [6, 6.07) is 6.73. The number of rotatable bonds is 3. The molecule has 1 fully saturated rings. The standard InChI is InChI=1S/C14H21BrN2O/c1-3-12-9-18-10(2)7-17(12)8-11-4-5-13(15)14(16)6-11/h4-6,10,12H,3,7-9,16H2,1-2H3. The molecule has 1 aliphatic heterocycles. The van der Waals surface area contributed by atoms with E-state index in [9.17, 15) is 0 Å². The molecule has 0 aromatic heterocycles. The summed E-state index contributed by atoms with van der Waals surface area (Å²) in [4.78, 5) is 2.50. The summed E-state index contributed by atoms with van der Waals surface area (Å²) in [5, 5.41) is 0. The summed E-state index contributed by atoms with van der Waals surface area (Å²) in [7, 11) is 0. The Morgan fingerprint density at radius 2 is 2.28 bits per heavy atom. The maximum Gasteiger partial charge on any atom is 0.0674 e. The topological polar surface area (TPSA) is 38.5 Å². The quantitative estimate of drug-likeness (QED) is 0.872. The first-order valence-corrected chi connectivity index (χ1v) is 7.29. The third-order valence-electron chi connectivity index (χ3n) is 3.50. The van der Waals surface area contributed by atoms with Gasteiger partial charge in [0.15, 0.2) is 0 Å². The molecular formula is C14H21BrN2O. The predicted octanol–water partition coefficient (Wildman–Crippen LogP) is 3.03. The number of hydrogen-bond acceptors (Lipinski definition) is 3. The van der Waals surface area contributed by atoms with E-state index >= 15 is 0 Å². The number of nitrogens with two attached hydrogens (primary N) is 1. The van der Waals surface area contributed by atoms with Crippen molar-refractivity contribution in [2.24, 2.45) is 0 Å². The Bertz CT molecular complexity index is 411. The predicted molar refractivity (Wildman–Crippen MR) is 78.5 cm³/mol. The molecule has 0 aliphatic carbocycles. The monoisotopic (exact) mass is 312 g/mol. The van der Waals surface area contributed by atoms with Crippen LogP contribution in [0.1, 0.15) is 25.8 Å². The van der Waals surface area contributed by atoms with E-state index in [4.69, 9.17) is 10.5 Å². The second-order valence-electron chi connectivity index (χ2n) is 4.99. The molecule has 1 saturated heterocycles. The summed E-state index contributed by atoms with van der Waals surface area (Å²) in [6.45, 7) is 7.13. The molecule has 3 nitrogen and oxygen atoms in total. The molecule has 18 heavy (non-hydrogen) atoms. The zero-order valence-corrected chi connectivity index (χ0v) is 12.6. The van der Waals surface area contributed by atoms with E-state index in [1.807, 2.05) is 6.07 Å². The molecular weight excluding hydrogens is 292 g/mol. The number of hydrogen-bond donors (Lipinski definition) is 1. The fraction of sp³-hybridized carbons (Fsp3) is 0.571. The Balaban J connectivity index is 2.08. The number of halogens is 1. The Labute approximate surface area is 117 Å². The van der Waals surface area contributed by atoms with Gasteiger partial charge in [-0.1, -0.05) is 13.0 Å². The van der Waals surface area contributed by atoms with E-state index in [-0.39, 0.29) is 0 Å². The maximum atomic E-state index is 5.93. The van der Waals surface area contributed by atoms with E-state index in [1.165, 1.54) is 5.56 Å². The van der Waals surface area contributed by atoms with Crippen molar-refractivity contribution >= 4 is 21.6 Å². The molecule has 2 N–H and O–H groups in total. The Morgan fingerprint density at radius 1 is 1.50 bits per heavy atom. The molecule has 2 unspecified atom stereocenters. The van der Waals surface area contributed by atoms with Gasteiger partial charge in [0.1, 0.15) is 0 Å². The average molecular weight is 313 g/mol.